The van der Waals surface area contributed by atoms with Crippen molar-refractivity contribution in [2.45, 2.75) is 6.42 Å². The molecule has 1 N–H and O–H groups in total. The van der Waals surface area contributed by atoms with Crippen molar-refractivity contribution in [1.29, 1.82) is 0 Å². The second-order valence-corrected chi connectivity index (χ2v) is 4.51. The summed E-state index contributed by atoms with van der Waals surface area (Å²) in [5.74, 6) is 0.917. The third kappa shape index (κ3) is 1.48. The molecule has 2 aromatic heterocycles. The zero-order valence-electron chi connectivity index (χ0n) is 10.1. The van der Waals surface area contributed by atoms with Crippen LogP contribution in [0.2, 0.25) is 0 Å². The van der Waals surface area contributed by atoms with Gasteiger partial charge in [-0.1, -0.05) is 12.1 Å². The van der Waals surface area contributed by atoms with Crippen molar-refractivity contribution >= 4 is 5.52 Å². The van der Waals surface area contributed by atoms with E-state index in [0.29, 0.717) is 0 Å². The molecule has 4 rings (SSSR count). The minimum absolute atomic E-state index is 0.238. The summed E-state index contributed by atoms with van der Waals surface area (Å²) in [6.45, 7) is 0.718. The average Bonchev–Trinajstić information content (AvgIpc) is 3.03. The molecule has 94 valence electrons. The van der Waals surface area contributed by atoms with E-state index < -0.39 is 0 Å². The normalized spacial score (nSPS) is 13.5. The molecule has 0 bridgehead atoms. The van der Waals surface area contributed by atoms with Crippen LogP contribution in [-0.4, -0.2) is 26.3 Å². The number of ether oxygens (including phenoxy) is 1. The standard InChI is InChI=1S/C14H11N3O2/c18-14-15-8-10-4-5-12(17(10)16-14)11-3-1-2-9-6-7-19-13(9)11/h1-5,8H,6-7H2,(H,16,18). The summed E-state index contributed by atoms with van der Waals surface area (Å²) >= 11 is 0. The van der Waals surface area contributed by atoms with Gasteiger partial charge in [-0.05, 0) is 23.8 Å². The van der Waals surface area contributed by atoms with Crippen molar-refractivity contribution < 1.29 is 9.84 Å². The van der Waals surface area contributed by atoms with Crippen LogP contribution in [0, 0.1) is 0 Å². The first kappa shape index (κ1) is 10.4. The monoisotopic (exact) mass is 253 g/mol. The van der Waals surface area contributed by atoms with Gasteiger partial charge in [0.15, 0.2) is 0 Å². The Labute approximate surface area is 109 Å². The molecule has 1 aliphatic rings. The molecular formula is C14H11N3O2. The minimum atomic E-state index is -0.238. The smallest absolute Gasteiger partial charge is 0.331 e. The topological polar surface area (TPSA) is 59.7 Å². The van der Waals surface area contributed by atoms with Crippen LogP contribution in [0.25, 0.3) is 16.8 Å². The summed E-state index contributed by atoms with van der Waals surface area (Å²) < 4.78 is 7.39. The Morgan fingerprint density at radius 1 is 1.21 bits per heavy atom. The van der Waals surface area contributed by atoms with E-state index in [2.05, 4.69) is 16.1 Å². The molecule has 3 aromatic rings. The predicted octanol–water partition coefficient (Wildman–Crippen LogP) is 2.04. The summed E-state index contributed by atoms with van der Waals surface area (Å²) in [6.07, 6.45) is 2.53. The van der Waals surface area contributed by atoms with Crippen molar-refractivity contribution in [3.8, 4) is 23.0 Å². The number of benzene rings is 1. The maximum Gasteiger partial charge on any atom is 0.331 e. The van der Waals surface area contributed by atoms with Crippen LogP contribution in [0.3, 0.4) is 0 Å². The highest BCUT2D eigenvalue weighted by atomic mass is 16.5. The summed E-state index contributed by atoms with van der Waals surface area (Å²) in [6, 6.07) is 9.74. The summed E-state index contributed by atoms with van der Waals surface area (Å²) in [5, 5.41) is 13.5. The summed E-state index contributed by atoms with van der Waals surface area (Å²) in [5.41, 5.74) is 3.94. The lowest BCUT2D eigenvalue weighted by atomic mass is 10.1. The number of hydrogen-bond acceptors (Lipinski definition) is 4. The average molecular weight is 253 g/mol. The Morgan fingerprint density at radius 3 is 3.11 bits per heavy atom. The highest BCUT2D eigenvalue weighted by Crippen LogP contribution is 2.37. The number of aromatic hydroxyl groups is 1. The van der Waals surface area contributed by atoms with Gasteiger partial charge >= 0.3 is 6.01 Å². The SMILES string of the molecule is Oc1ncc2ccc(-c3cccc4c3OCC4)n2n1. The number of aromatic nitrogens is 3. The molecule has 19 heavy (non-hydrogen) atoms. The second kappa shape index (κ2) is 3.71. The van der Waals surface area contributed by atoms with Gasteiger partial charge in [0.05, 0.1) is 24.0 Å². The molecule has 0 unspecified atom stereocenters. The lowest BCUT2D eigenvalue weighted by Crippen LogP contribution is -1.96. The molecule has 0 aliphatic carbocycles. The van der Waals surface area contributed by atoms with Crippen molar-refractivity contribution in [1.82, 2.24) is 14.6 Å². The number of hydrogen-bond donors (Lipinski definition) is 1. The molecule has 0 fully saturated rings. The van der Waals surface area contributed by atoms with E-state index >= 15 is 0 Å². The molecule has 0 amide bonds. The molecule has 0 spiro atoms. The Balaban J connectivity index is 2.01. The van der Waals surface area contributed by atoms with Crippen molar-refractivity contribution in [2.75, 3.05) is 6.61 Å². The summed E-state index contributed by atoms with van der Waals surface area (Å²) in [4.78, 5) is 3.78. The van der Waals surface area contributed by atoms with Crippen molar-refractivity contribution in [3.63, 3.8) is 0 Å². The zero-order valence-corrected chi connectivity index (χ0v) is 10.1. The fraction of sp³-hybridized carbons (Fsp3) is 0.143. The predicted molar refractivity (Wildman–Crippen MR) is 69.3 cm³/mol. The van der Waals surface area contributed by atoms with Crippen LogP contribution in [0.5, 0.6) is 11.8 Å². The van der Waals surface area contributed by atoms with Crippen LogP contribution in [0.15, 0.2) is 36.5 Å². The number of rotatable bonds is 1. The van der Waals surface area contributed by atoms with Gasteiger partial charge in [-0.3, -0.25) is 0 Å². The van der Waals surface area contributed by atoms with Crippen LogP contribution in [-0.2, 0) is 6.42 Å². The van der Waals surface area contributed by atoms with Gasteiger partial charge in [0.1, 0.15) is 5.75 Å². The van der Waals surface area contributed by atoms with E-state index in [0.717, 1.165) is 35.6 Å². The van der Waals surface area contributed by atoms with Gasteiger partial charge < -0.3 is 9.84 Å². The van der Waals surface area contributed by atoms with Gasteiger partial charge in [-0.25, -0.2) is 9.50 Å². The maximum atomic E-state index is 9.44. The van der Waals surface area contributed by atoms with E-state index in [1.54, 1.807) is 10.7 Å². The lowest BCUT2D eigenvalue weighted by molar-refractivity contribution is 0.358. The fourth-order valence-corrected chi connectivity index (χ4v) is 2.51. The fourth-order valence-electron chi connectivity index (χ4n) is 2.51. The molecule has 3 heterocycles. The van der Waals surface area contributed by atoms with E-state index in [1.165, 1.54) is 5.56 Å². The van der Waals surface area contributed by atoms with Gasteiger partial charge in [0.2, 0.25) is 0 Å². The molecule has 1 aromatic carbocycles. The number of fused-ring (bicyclic) bond motifs is 2. The molecule has 0 radical (unpaired) electrons. The Morgan fingerprint density at radius 2 is 2.16 bits per heavy atom. The van der Waals surface area contributed by atoms with Crippen LogP contribution in [0.4, 0.5) is 0 Å². The van der Waals surface area contributed by atoms with Gasteiger partial charge in [-0.15, -0.1) is 5.10 Å². The molecule has 5 nitrogen and oxygen atoms in total. The third-order valence-electron chi connectivity index (χ3n) is 3.38. The molecular weight excluding hydrogens is 242 g/mol. The highest BCUT2D eigenvalue weighted by molar-refractivity contribution is 5.73. The van der Waals surface area contributed by atoms with Crippen LogP contribution < -0.4 is 4.74 Å². The zero-order chi connectivity index (χ0) is 12.8. The lowest BCUT2D eigenvalue weighted by Gasteiger charge is -2.07. The Hall–Kier alpha value is -2.56. The number of para-hydroxylation sites is 1. The quantitative estimate of drug-likeness (QED) is 0.721. The largest absolute Gasteiger partial charge is 0.492 e. The molecule has 5 heteroatoms. The maximum absolute atomic E-state index is 9.44. The van der Waals surface area contributed by atoms with Gasteiger partial charge in [0.25, 0.3) is 0 Å². The molecule has 0 saturated heterocycles. The van der Waals surface area contributed by atoms with E-state index in [4.69, 9.17) is 4.74 Å². The van der Waals surface area contributed by atoms with E-state index in [9.17, 15) is 5.11 Å². The summed E-state index contributed by atoms with van der Waals surface area (Å²) in [7, 11) is 0. The Kier molecular flexibility index (Phi) is 2.03. The molecule has 0 atom stereocenters. The molecule has 1 aliphatic heterocycles. The first-order valence-corrected chi connectivity index (χ1v) is 6.12. The van der Waals surface area contributed by atoms with Crippen LogP contribution >= 0.6 is 0 Å². The highest BCUT2D eigenvalue weighted by Gasteiger charge is 2.19. The van der Waals surface area contributed by atoms with E-state index in [1.807, 2.05) is 24.3 Å². The minimum Gasteiger partial charge on any atom is -0.492 e. The van der Waals surface area contributed by atoms with E-state index in [-0.39, 0.29) is 6.01 Å². The Bertz CT molecular complexity index is 779. The van der Waals surface area contributed by atoms with Crippen LogP contribution in [0.1, 0.15) is 5.56 Å². The third-order valence-corrected chi connectivity index (χ3v) is 3.38. The number of nitrogens with zero attached hydrogens (tertiary/aromatic N) is 3. The van der Waals surface area contributed by atoms with Gasteiger partial charge in [-0.2, -0.15) is 0 Å². The first-order chi connectivity index (χ1) is 9.33. The van der Waals surface area contributed by atoms with Crippen molar-refractivity contribution in [2.24, 2.45) is 0 Å². The van der Waals surface area contributed by atoms with Gasteiger partial charge in [0, 0.05) is 12.0 Å². The first-order valence-electron chi connectivity index (χ1n) is 6.12. The second-order valence-electron chi connectivity index (χ2n) is 4.51. The molecule has 0 saturated carbocycles. The van der Waals surface area contributed by atoms with Crippen molar-refractivity contribution in [3.05, 3.63) is 42.1 Å².